The molecule has 0 saturated carbocycles. The van der Waals surface area contributed by atoms with Crippen LogP contribution in [0.25, 0.3) is 0 Å². The van der Waals surface area contributed by atoms with Crippen LogP contribution in [-0.4, -0.2) is 24.9 Å². The molecule has 1 aliphatic heterocycles. The molecule has 6 heteroatoms. The van der Waals surface area contributed by atoms with Crippen LogP contribution >= 0.6 is 0 Å². The lowest BCUT2D eigenvalue weighted by atomic mass is 9.90. The van der Waals surface area contributed by atoms with Gasteiger partial charge in [0.25, 0.3) is 10.0 Å². The van der Waals surface area contributed by atoms with Gasteiger partial charge in [-0.1, -0.05) is 35.9 Å². The Morgan fingerprint density at radius 1 is 1.12 bits per heavy atom. The van der Waals surface area contributed by atoms with Crippen LogP contribution in [0.5, 0.6) is 0 Å². The lowest BCUT2D eigenvalue weighted by Gasteiger charge is -2.34. The Hall–Kier alpha value is -2.60. The second kappa shape index (κ2) is 6.04. The fourth-order valence-corrected chi connectivity index (χ4v) is 4.88. The van der Waals surface area contributed by atoms with Crippen molar-refractivity contribution in [3.8, 4) is 0 Å². The van der Waals surface area contributed by atoms with Gasteiger partial charge in [0.1, 0.15) is 5.82 Å². The fraction of sp³-hybridized carbons (Fsp3) is 0.211. The molecule has 0 bridgehead atoms. The molecule has 1 N–H and O–H groups in total. The minimum Gasteiger partial charge on any atom is -0.348 e. The molecule has 0 fully saturated rings. The summed E-state index contributed by atoms with van der Waals surface area (Å²) in [6.07, 6.45) is 4.22. The molecular weight excluding hydrogens is 334 g/mol. The fourth-order valence-electron chi connectivity index (χ4n) is 3.37. The molecule has 2 heterocycles. The van der Waals surface area contributed by atoms with Crippen LogP contribution < -0.4 is 4.31 Å². The van der Waals surface area contributed by atoms with Crippen LogP contribution in [0, 0.1) is 6.92 Å². The lowest BCUT2D eigenvalue weighted by molar-refractivity contribution is 0.579. The topological polar surface area (TPSA) is 66.1 Å². The molecule has 0 spiro atoms. The summed E-state index contributed by atoms with van der Waals surface area (Å²) in [4.78, 5) is 7.85. The van der Waals surface area contributed by atoms with Crippen molar-refractivity contribution >= 4 is 15.7 Å². The first kappa shape index (κ1) is 15.9. The van der Waals surface area contributed by atoms with Crippen LogP contribution in [-0.2, 0) is 10.0 Å². The van der Waals surface area contributed by atoms with E-state index in [1.807, 2.05) is 43.3 Å². The van der Waals surface area contributed by atoms with Gasteiger partial charge in [-0.05, 0) is 37.1 Å². The first-order chi connectivity index (χ1) is 12.1. The molecular formula is C19H19N3O2S. The zero-order valence-electron chi connectivity index (χ0n) is 13.9. The van der Waals surface area contributed by atoms with Crippen molar-refractivity contribution in [2.45, 2.75) is 24.2 Å². The van der Waals surface area contributed by atoms with E-state index in [0.717, 1.165) is 22.6 Å². The summed E-state index contributed by atoms with van der Waals surface area (Å²) >= 11 is 0. The molecule has 1 aliphatic rings. The number of benzene rings is 2. The van der Waals surface area contributed by atoms with Gasteiger partial charge in [-0.3, -0.25) is 4.31 Å². The standard InChI is InChI=1S/C19H19N3O2S/c1-14-6-8-15(9-7-14)25(23,24)22-13-10-17(19-20-11-12-21-19)16-4-2-3-5-18(16)22/h2-9,11-12,17H,10,13H2,1H3,(H,20,21). The summed E-state index contributed by atoms with van der Waals surface area (Å²) in [6.45, 7) is 2.37. The molecule has 0 saturated heterocycles. The number of aromatic amines is 1. The van der Waals surface area contributed by atoms with Gasteiger partial charge in [0.2, 0.25) is 0 Å². The van der Waals surface area contributed by atoms with Crippen molar-refractivity contribution in [2.24, 2.45) is 0 Å². The molecule has 1 unspecified atom stereocenters. The largest absolute Gasteiger partial charge is 0.348 e. The highest BCUT2D eigenvalue weighted by Crippen LogP contribution is 2.40. The van der Waals surface area contributed by atoms with Gasteiger partial charge in [-0.15, -0.1) is 0 Å². The maximum absolute atomic E-state index is 13.2. The van der Waals surface area contributed by atoms with E-state index >= 15 is 0 Å². The van der Waals surface area contributed by atoms with Gasteiger partial charge in [0, 0.05) is 24.9 Å². The van der Waals surface area contributed by atoms with Crippen LogP contribution in [0.15, 0.2) is 65.8 Å². The van der Waals surface area contributed by atoms with E-state index in [1.165, 1.54) is 4.31 Å². The summed E-state index contributed by atoms with van der Waals surface area (Å²) in [5, 5.41) is 0. The number of H-pyrrole nitrogens is 1. The molecule has 5 nitrogen and oxygen atoms in total. The SMILES string of the molecule is Cc1ccc(S(=O)(=O)N2CCC(c3ncc[nH]3)c3ccccc32)cc1. The molecule has 0 aliphatic carbocycles. The van der Waals surface area contributed by atoms with Crippen molar-refractivity contribution in [3.63, 3.8) is 0 Å². The summed E-state index contributed by atoms with van der Waals surface area (Å²) in [5.74, 6) is 0.954. The second-order valence-electron chi connectivity index (χ2n) is 6.26. The van der Waals surface area contributed by atoms with E-state index in [9.17, 15) is 8.42 Å². The molecule has 0 radical (unpaired) electrons. The number of aryl methyl sites for hydroxylation is 1. The number of aromatic nitrogens is 2. The van der Waals surface area contributed by atoms with Crippen molar-refractivity contribution in [1.82, 2.24) is 9.97 Å². The number of anilines is 1. The quantitative estimate of drug-likeness (QED) is 0.784. The predicted molar refractivity (Wildman–Crippen MR) is 97.2 cm³/mol. The average Bonchev–Trinajstić information content (AvgIpc) is 3.15. The number of nitrogens with zero attached hydrogens (tertiary/aromatic N) is 2. The summed E-state index contributed by atoms with van der Waals surface area (Å²) in [7, 11) is -3.58. The molecule has 4 rings (SSSR count). The van der Waals surface area contributed by atoms with E-state index in [2.05, 4.69) is 9.97 Å². The number of imidazole rings is 1. The van der Waals surface area contributed by atoms with Gasteiger partial charge < -0.3 is 4.98 Å². The molecule has 2 aromatic carbocycles. The number of rotatable bonds is 3. The van der Waals surface area contributed by atoms with Gasteiger partial charge in [0.05, 0.1) is 10.6 Å². The second-order valence-corrected chi connectivity index (χ2v) is 8.13. The van der Waals surface area contributed by atoms with Gasteiger partial charge in [-0.2, -0.15) is 0 Å². The van der Waals surface area contributed by atoms with Crippen molar-refractivity contribution in [1.29, 1.82) is 0 Å². The number of para-hydroxylation sites is 1. The van der Waals surface area contributed by atoms with Crippen molar-refractivity contribution < 1.29 is 8.42 Å². The van der Waals surface area contributed by atoms with Crippen LogP contribution in [0.3, 0.4) is 0 Å². The van der Waals surface area contributed by atoms with Gasteiger partial charge in [-0.25, -0.2) is 13.4 Å². The number of nitrogens with one attached hydrogen (secondary N) is 1. The third kappa shape index (κ3) is 2.72. The Morgan fingerprint density at radius 3 is 2.60 bits per heavy atom. The highest BCUT2D eigenvalue weighted by Gasteiger charge is 2.34. The molecule has 0 amide bonds. The third-order valence-corrected chi connectivity index (χ3v) is 6.49. The number of fused-ring (bicyclic) bond motifs is 1. The maximum Gasteiger partial charge on any atom is 0.264 e. The minimum absolute atomic E-state index is 0.0793. The summed E-state index contributed by atoms with van der Waals surface area (Å²) in [5.41, 5.74) is 2.76. The summed E-state index contributed by atoms with van der Waals surface area (Å²) in [6, 6.07) is 14.7. The molecule has 1 aromatic heterocycles. The average molecular weight is 353 g/mol. The van der Waals surface area contributed by atoms with Crippen LogP contribution in [0.2, 0.25) is 0 Å². The molecule has 128 valence electrons. The monoisotopic (exact) mass is 353 g/mol. The smallest absolute Gasteiger partial charge is 0.264 e. The zero-order valence-corrected chi connectivity index (χ0v) is 14.7. The highest BCUT2D eigenvalue weighted by molar-refractivity contribution is 7.92. The summed E-state index contributed by atoms with van der Waals surface area (Å²) < 4.78 is 27.8. The Labute approximate surface area is 147 Å². The number of sulfonamides is 1. The van der Waals surface area contributed by atoms with E-state index in [0.29, 0.717) is 17.9 Å². The molecule has 1 atom stereocenters. The molecule has 25 heavy (non-hydrogen) atoms. The number of hydrogen-bond acceptors (Lipinski definition) is 3. The van der Waals surface area contributed by atoms with E-state index in [-0.39, 0.29) is 5.92 Å². The van der Waals surface area contributed by atoms with Crippen LogP contribution in [0.4, 0.5) is 5.69 Å². The van der Waals surface area contributed by atoms with Crippen molar-refractivity contribution in [2.75, 3.05) is 10.8 Å². The predicted octanol–water partition coefficient (Wildman–Crippen LogP) is 3.45. The Bertz CT molecular complexity index is 980. The Balaban J connectivity index is 1.79. The molecule has 3 aromatic rings. The lowest BCUT2D eigenvalue weighted by Crippen LogP contribution is -2.37. The van der Waals surface area contributed by atoms with Crippen LogP contribution in [0.1, 0.15) is 29.3 Å². The Kier molecular flexibility index (Phi) is 3.84. The Morgan fingerprint density at radius 2 is 1.88 bits per heavy atom. The first-order valence-corrected chi connectivity index (χ1v) is 9.69. The first-order valence-electron chi connectivity index (χ1n) is 8.25. The van der Waals surface area contributed by atoms with E-state index < -0.39 is 10.0 Å². The highest BCUT2D eigenvalue weighted by atomic mass is 32.2. The normalized spacial score (nSPS) is 17.3. The number of hydrogen-bond donors (Lipinski definition) is 1. The van der Waals surface area contributed by atoms with E-state index in [4.69, 9.17) is 0 Å². The third-order valence-electron chi connectivity index (χ3n) is 4.66. The zero-order chi connectivity index (χ0) is 17.4. The van der Waals surface area contributed by atoms with Gasteiger partial charge >= 0.3 is 0 Å². The minimum atomic E-state index is -3.58. The van der Waals surface area contributed by atoms with Crippen molar-refractivity contribution in [3.05, 3.63) is 77.9 Å². The van der Waals surface area contributed by atoms with E-state index in [1.54, 1.807) is 24.5 Å². The maximum atomic E-state index is 13.2. The van der Waals surface area contributed by atoms with Gasteiger partial charge in [0.15, 0.2) is 0 Å².